The van der Waals surface area contributed by atoms with Crippen LogP contribution in [0.3, 0.4) is 0 Å². The monoisotopic (exact) mass is 450 g/mol. The molecule has 0 aromatic heterocycles. The largest absolute Gasteiger partial charge is 0.492 e. The van der Waals surface area contributed by atoms with Crippen molar-refractivity contribution in [2.24, 2.45) is 0 Å². The number of carbonyl (C=O) groups excluding carboxylic acids is 2. The summed E-state index contributed by atoms with van der Waals surface area (Å²) in [6.45, 7) is 5.85. The zero-order valence-electron chi connectivity index (χ0n) is 19.6. The number of anilines is 2. The first-order valence-electron chi connectivity index (χ1n) is 12.0. The van der Waals surface area contributed by atoms with Gasteiger partial charge in [0, 0.05) is 25.8 Å². The SMILES string of the molecule is CCOc1ccccc1NC(=O)C(=O)NC[C@@H](c1ccc2c(c1)CCCN2C)N1CCCC1. The third-order valence-corrected chi connectivity index (χ3v) is 6.52. The molecule has 4 rings (SSSR count). The summed E-state index contributed by atoms with van der Waals surface area (Å²) in [6, 6.07) is 13.8. The van der Waals surface area contributed by atoms with Gasteiger partial charge in [-0.05, 0) is 75.0 Å². The molecule has 2 aromatic rings. The predicted molar refractivity (Wildman–Crippen MR) is 131 cm³/mol. The van der Waals surface area contributed by atoms with Crippen LogP contribution in [-0.4, -0.2) is 56.5 Å². The molecule has 2 heterocycles. The van der Waals surface area contributed by atoms with Crippen LogP contribution in [0.25, 0.3) is 0 Å². The van der Waals surface area contributed by atoms with E-state index >= 15 is 0 Å². The molecule has 2 aliphatic heterocycles. The van der Waals surface area contributed by atoms with Gasteiger partial charge in [0.25, 0.3) is 0 Å². The quantitative estimate of drug-likeness (QED) is 0.633. The van der Waals surface area contributed by atoms with E-state index in [4.69, 9.17) is 4.74 Å². The van der Waals surface area contributed by atoms with Gasteiger partial charge in [-0.2, -0.15) is 0 Å². The van der Waals surface area contributed by atoms with Crippen LogP contribution in [0.5, 0.6) is 5.75 Å². The van der Waals surface area contributed by atoms with Crippen molar-refractivity contribution in [2.45, 2.75) is 38.6 Å². The molecule has 0 unspecified atom stereocenters. The highest BCUT2D eigenvalue weighted by Crippen LogP contribution is 2.32. The van der Waals surface area contributed by atoms with Gasteiger partial charge >= 0.3 is 11.8 Å². The van der Waals surface area contributed by atoms with Crippen molar-refractivity contribution in [3.8, 4) is 5.75 Å². The molecule has 2 N–H and O–H groups in total. The van der Waals surface area contributed by atoms with Gasteiger partial charge in [0.15, 0.2) is 0 Å². The highest BCUT2D eigenvalue weighted by atomic mass is 16.5. The van der Waals surface area contributed by atoms with Gasteiger partial charge in [-0.25, -0.2) is 0 Å². The fourth-order valence-corrected chi connectivity index (χ4v) is 4.82. The van der Waals surface area contributed by atoms with Crippen molar-refractivity contribution < 1.29 is 14.3 Å². The number of aryl methyl sites for hydroxylation is 1. The Hall–Kier alpha value is -3.06. The zero-order chi connectivity index (χ0) is 23.2. The number of nitrogens with zero attached hydrogens (tertiary/aromatic N) is 2. The van der Waals surface area contributed by atoms with Crippen LogP contribution < -0.4 is 20.3 Å². The number of benzene rings is 2. The third kappa shape index (κ3) is 5.47. The number of hydrogen-bond donors (Lipinski definition) is 2. The van der Waals surface area contributed by atoms with Gasteiger partial charge in [0.05, 0.1) is 18.3 Å². The van der Waals surface area contributed by atoms with E-state index in [1.807, 2.05) is 13.0 Å². The topological polar surface area (TPSA) is 73.9 Å². The molecule has 0 aliphatic carbocycles. The average Bonchev–Trinajstić information content (AvgIpc) is 3.35. The molecule has 0 radical (unpaired) electrons. The van der Waals surface area contributed by atoms with Gasteiger partial charge in [-0.15, -0.1) is 0 Å². The van der Waals surface area contributed by atoms with E-state index in [0.29, 0.717) is 24.6 Å². The number of hydrogen-bond acceptors (Lipinski definition) is 5. The van der Waals surface area contributed by atoms with Crippen molar-refractivity contribution >= 4 is 23.2 Å². The summed E-state index contributed by atoms with van der Waals surface area (Å²) >= 11 is 0. The van der Waals surface area contributed by atoms with E-state index in [9.17, 15) is 9.59 Å². The summed E-state index contributed by atoms with van der Waals surface area (Å²) in [5.41, 5.74) is 4.35. The maximum Gasteiger partial charge on any atom is 0.313 e. The second-order valence-corrected chi connectivity index (χ2v) is 8.77. The van der Waals surface area contributed by atoms with E-state index in [1.165, 1.54) is 16.8 Å². The first-order chi connectivity index (χ1) is 16.1. The molecule has 176 valence electrons. The Morgan fingerprint density at radius 1 is 1.03 bits per heavy atom. The van der Waals surface area contributed by atoms with Crippen LogP contribution in [0, 0.1) is 0 Å². The molecular formula is C26H34N4O3. The second-order valence-electron chi connectivity index (χ2n) is 8.77. The summed E-state index contributed by atoms with van der Waals surface area (Å²) < 4.78 is 5.54. The number of amides is 2. The Morgan fingerprint density at radius 3 is 2.61 bits per heavy atom. The van der Waals surface area contributed by atoms with Crippen molar-refractivity contribution in [3.05, 3.63) is 53.6 Å². The number of ether oxygens (including phenoxy) is 1. The normalized spacial score (nSPS) is 16.7. The van der Waals surface area contributed by atoms with E-state index < -0.39 is 11.8 Å². The summed E-state index contributed by atoms with van der Waals surface area (Å²) in [5.74, 6) is -0.771. The smallest absolute Gasteiger partial charge is 0.313 e. The van der Waals surface area contributed by atoms with Gasteiger partial charge in [0.2, 0.25) is 0 Å². The molecule has 2 aliphatic rings. The first kappa shape index (κ1) is 23.1. The average molecular weight is 451 g/mol. The molecule has 2 amide bonds. The molecule has 1 saturated heterocycles. The van der Waals surface area contributed by atoms with E-state index in [2.05, 4.69) is 45.7 Å². The molecule has 0 bridgehead atoms. The van der Waals surface area contributed by atoms with Crippen LogP contribution in [-0.2, 0) is 16.0 Å². The molecule has 1 fully saturated rings. The lowest BCUT2D eigenvalue weighted by Gasteiger charge is -2.31. The maximum atomic E-state index is 12.7. The number of para-hydroxylation sites is 2. The van der Waals surface area contributed by atoms with Crippen LogP contribution in [0.1, 0.15) is 43.4 Å². The van der Waals surface area contributed by atoms with E-state index in [-0.39, 0.29) is 6.04 Å². The third-order valence-electron chi connectivity index (χ3n) is 6.52. The van der Waals surface area contributed by atoms with E-state index in [1.54, 1.807) is 18.2 Å². The van der Waals surface area contributed by atoms with Crippen molar-refractivity contribution in [2.75, 3.05) is 50.1 Å². The molecule has 2 aromatic carbocycles. The molecule has 1 atom stereocenters. The van der Waals surface area contributed by atoms with Gasteiger partial charge in [-0.3, -0.25) is 14.5 Å². The highest BCUT2D eigenvalue weighted by molar-refractivity contribution is 6.39. The van der Waals surface area contributed by atoms with E-state index in [0.717, 1.165) is 45.3 Å². The van der Waals surface area contributed by atoms with Crippen molar-refractivity contribution in [1.29, 1.82) is 0 Å². The van der Waals surface area contributed by atoms with Crippen molar-refractivity contribution in [1.82, 2.24) is 10.2 Å². The Labute approximate surface area is 196 Å². The Balaban J connectivity index is 1.44. The highest BCUT2D eigenvalue weighted by Gasteiger charge is 2.26. The second kappa shape index (κ2) is 10.7. The number of nitrogens with one attached hydrogen (secondary N) is 2. The maximum absolute atomic E-state index is 12.7. The first-order valence-corrected chi connectivity index (χ1v) is 12.0. The number of likely N-dealkylation sites (tertiary alicyclic amines) is 1. The Bertz CT molecular complexity index is 987. The molecule has 0 spiro atoms. The van der Waals surface area contributed by atoms with Crippen LogP contribution in [0.4, 0.5) is 11.4 Å². The minimum atomic E-state index is -0.686. The fraction of sp³-hybridized carbons (Fsp3) is 0.462. The minimum absolute atomic E-state index is 0.0532. The number of fused-ring (bicyclic) bond motifs is 1. The van der Waals surface area contributed by atoms with Gasteiger partial charge in [-0.1, -0.05) is 24.3 Å². The minimum Gasteiger partial charge on any atom is -0.492 e. The molecule has 0 saturated carbocycles. The van der Waals surface area contributed by atoms with Crippen molar-refractivity contribution in [3.63, 3.8) is 0 Å². The zero-order valence-corrected chi connectivity index (χ0v) is 19.6. The lowest BCUT2D eigenvalue weighted by molar-refractivity contribution is -0.136. The summed E-state index contributed by atoms with van der Waals surface area (Å²) in [6.07, 6.45) is 4.55. The number of rotatable bonds is 7. The molecular weight excluding hydrogens is 416 g/mol. The Morgan fingerprint density at radius 2 is 1.82 bits per heavy atom. The van der Waals surface area contributed by atoms with Crippen LogP contribution >= 0.6 is 0 Å². The summed E-state index contributed by atoms with van der Waals surface area (Å²) in [4.78, 5) is 29.9. The van der Waals surface area contributed by atoms with Crippen LogP contribution in [0.15, 0.2) is 42.5 Å². The molecule has 33 heavy (non-hydrogen) atoms. The molecule has 7 heteroatoms. The number of carbonyl (C=O) groups is 2. The van der Waals surface area contributed by atoms with Gasteiger partial charge in [0.1, 0.15) is 5.75 Å². The lowest BCUT2D eigenvalue weighted by Crippen LogP contribution is -2.41. The lowest BCUT2D eigenvalue weighted by atomic mass is 9.96. The summed E-state index contributed by atoms with van der Waals surface area (Å²) in [5, 5.41) is 5.55. The van der Waals surface area contributed by atoms with Gasteiger partial charge < -0.3 is 20.3 Å². The predicted octanol–water partition coefficient (Wildman–Crippen LogP) is 3.36. The summed E-state index contributed by atoms with van der Waals surface area (Å²) in [7, 11) is 2.14. The molecule has 7 nitrogen and oxygen atoms in total. The Kier molecular flexibility index (Phi) is 7.50. The fourth-order valence-electron chi connectivity index (χ4n) is 4.82. The standard InChI is InChI=1S/C26H34N4O3/c1-3-33-24-11-5-4-10-21(24)28-26(32)25(31)27-18-23(30-15-6-7-16-30)20-12-13-22-19(17-20)9-8-14-29(22)2/h4-5,10-13,17,23H,3,6-9,14-16,18H2,1-2H3,(H,27,31)(H,28,32)/t23-/m0/s1. The van der Waals surface area contributed by atoms with Crippen LogP contribution in [0.2, 0.25) is 0 Å².